The van der Waals surface area contributed by atoms with E-state index in [4.69, 9.17) is 4.52 Å². The lowest BCUT2D eigenvalue weighted by Crippen LogP contribution is -2.25. The van der Waals surface area contributed by atoms with Crippen LogP contribution in [0.4, 0.5) is 5.69 Å². The molecule has 6 nitrogen and oxygen atoms in total. The Morgan fingerprint density at radius 3 is 2.57 bits per heavy atom. The fourth-order valence-electron chi connectivity index (χ4n) is 2.20. The molecule has 2 rings (SSSR count). The molecule has 0 aliphatic carbocycles. The van der Waals surface area contributed by atoms with Crippen molar-refractivity contribution in [2.24, 2.45) is 5.10 Å². The van der Waals surface area contributed by atoms with Gasteiger partial charge in [-0.05, 0) is 31.2 Å². The maximum atomic E-state index is 13.2. The van der Waals surface area contributed by atoms with Crippen molar-refractivity contribution < 1.29 is 19.0 Å². The lowest BCUT2D eigenvalue weighted by molar-refractivity contribution is -0.110. The number of nitrogens with zero attached hydrogens (tertiary/aromatic N) is 2. The minimum atomic E-state index is -3.52. The smallest absolute Gasteiger partial charge is 0.282 e. The van der Waals surface area contributed by atoms with Crippen LogP contribution in [0.25, 0.3) is 0 Å². The molecule has 0 radical (unpaired) electrons. The Morgan fingerprint density at radius 1 is 1.39 bits per heavy atom. The largest absolute Gasteiger partial charge is 0.396 e. The predicted octanol–water partition coefficient (Wildman–Crippen LogP) is 3.71. The monoisotopic (exact) mass is 400 g/mol. The molecule has 1 aliphatic rings. The fraction of sp³-hybridized carbons (Fsp3) is 0.333. The van der Waals surface area contributed by atoms with E-state index in [1.165, 1.54) is 11.9 Å². The van der Waals surface area contributed by atoms with Crippen LogP contribution in [-0.2, 0) is 13.9 Å². The summed E-state index contributed by atoms with van der Waals surface area (Å²) in [5, 5.41) is 15.4. The number of hydrogen-bond acceptors (Lipinski definition) is 6. The Bertz CT molecular complexity index is 700. The SMILES string of the molecule is CCOP1(=O)C(CCO)=CN(c2ccc(Br)cc2)N=C1C(C)=O. The lowest BCUT2D eigenvalue weighted by Gasteiger charge is -2.29. The Hall–Kier alpha value is -1.27. The molecule has 1 heterocycles. The van der Waals surface area contributed by atoms with Gasteiger partial charge < -0.3 is 9.63 Å². The van der Waals surface area contributed by atoms with Gasteiger partial charge in [-0.2, -0.15) is 5.10 Å². The van der Waals surface area contributed by atoms with Crippen molar-refractivity contribution >= 4 is 40.2 Å². The van der Waals surface area contributed by atoms with Crippen molar-refractivity contribution in [2.45, 2.75) is 20.3 Å². The zero-order valence-electron chi connectivity index (χ0n) is 12.9. The van der Waals surface area contributed by atoms with Crippen LogP contribution in [0.3, 0.4) is 0 Å². The van der Waals surface area contributed by atoms with E-state index in [-0.39, 0.29) is 25.1 Å². The van der Waals surface area contributed by atoms with Crippen LogP contribution in [0.2, 0.25) is 0 Å². The second kappa shape index (κ2) is 7.53. The van der Waals surface area contributed by atoms with Crippen LogP contribution >= 0.6 is 23.3 Å². The Morgan fingerprint density at radius 2 is 2.04 bits per heavy atom. The molecule has 1 N–H and O–H groups in total. The molecule has 0 saturated heterocycles. The van der Waals surface area contributed by atoms with Crippen molar-refractivity contribution in [2.75, 3.05) is 18.2 Å². The quantitative estimate of drug-likeness (QED) is 0.736. The number of carbonyl (C=O) groups is 1. The van der Waals surface area contributed by atoms with Crippen LogP contribution in [0, 0.1) is 0 Å². The van der Waals surface area contributed by atoms with Crippen molar-refractivity contribution in [1.82, 2.24) is 0 Å². The van der Waals surface area contributed by atoms with Crippen LogP contribution in [0.5, 0.6) is 0 Å². The summed E-state index contributed by atoms with van der Waals surface area (Å²) in [6.45, 7) is 3.01. The second-order valence-corrected chi connectivity index (χ2v) is 8.14. The summed E-state index contributed by atoms with van der Waals surface area (Å²) in [5.41, 5.74) is 0.610. The molecule has 1 aromatic carbocycles. The number of halogens is 1. The summed E-state index contributed by atoms with van der Waals surface area (Å²) in [7, 11) is -3.52. The first-order valence-corrected chi connectivity index (χ1v) is 9.55. The van der Waals surface area contributed by atoms with E-state index in [2.05, 4.69) is 21.0 Å². The third-order valence-electron chi connectivity index (χ3n) is 3.22. The van der Waals surface area contributed by atoms with Crippen LogP contribution in [0.1, 0.15) is 20.3 Å². The van der Waals surface area contributed by atoms with Crippen molar-refractivity contribution in [3.8, 4) is 0 Å². The topological polar surface area (TPSA) is 79.2 Å². The number of rotatable bonds is 6. The predicted molar refractivity (Wildman–Crippen MR) is 93.8 cm³/mol. The molecule has 1 unspecified atom stereocenters. The van der Waals surface area contributed by atoms with Crippen molar-refractivity contribution in [1.29, 1.82) is 0 Å². The molecule has 1 atom stereocenters. The Labute approximate surface area is 143 Å². The first-order valence-electron chi connectivity index (χ1n) is 7.14. The zero-order chi connectivity index (χ0) is 17.0. The maximum Gasteiger partial charge on any atom is 0.282 e. The van der Waals surface area contributed by atoms with E-state index in [0.717, 1.165) is 4.47 Å². The van der Waals surface area contributed by atoms with Gasteiger partial charge in [-0.3, -0.25) is 9.36 Å². The van der Waals surface area contributed by atoms with Gasteiger partial charge in [-0.15, -0.1) is 0 Å². The number of anilines is 1. The summed E-state index contributed by atoms with van der Waals surface area (Å²) in [5.74, 6) is -0.410. The average molecular weight is 401 g/mol. The lowest BCUT2D eigenvalue weighted by atomic mass is 10.3. The molecule has 8 heteroatoms. The van der Waals surface area contributed by atoms with Gasteiger partial charge >= 0.3 is 0 Å². The van der Waals surface area contributed by atoms with Gasteiger partial charge in [-0.1, -0.05) is 15.9 Å². The Balaban J connectivity index is 2.53. The summed E-state index contributed by atoms with van der Waals surface area (Å²) >= 11 is 3.36. The van der Waals surface area contributed by atoms with Crippen molar-refractivity contribution in [3.63, 3.8) is 0 Å². The fourth-order valence-corrected chi connectivity index (χ4v) is 4.67. The highest BCUT2D eigenvalue weighted by atomic mass is 79.9. The number of hydrazone groups is 1. The maximum absolute atomic E-state index is 13.2. The van der Waals surface area contributed by atoms with E-state index in [9.17, 15) is 14.5 Å². The number of benzene rings is 1. The third-order valence-corrected chi connectivity index (χ3v) is 6.42. The second-order valence-electron chi connectivity index (χ2n) is 4.86. The van der Waals surface area contributed by atoms with Gasteiger partial charge in [0.2, 0.25) is 0 Å². The normalized spacial score (nSPS) is 21.0. The summed E-state index contributed by atoms with van der Waals surface area (Å²) < 4.78 is 19.5. The van der Waals surface area contributed by atoms with E-state index >= 15 is 0 Å². The van der Waals surface area contributed by atoms with E-state index in [0.29, 0.717) is 11.0 Å². The summed E-state index contributed by atoms with van der Waals surface area (Å²) in [4.78, 5) is 12.0. The number of ketones is 1. The van der Waals surface area contributed by atoms with Gasteiger partial charge in [0, 0.05) is 35.9 Å². The molecule has 124 valence electrons. The molecule has 0 fully saturated rings. The molecule has 0 aromatic heterocycles. The number of aliphatic hydroxyl groups is 1. The minimum absolute atomic E-state index is 0.104. The van der Waals surface area contributed by atoms with Gasteiger partial charge in [-0.25, -0.2) is 5.01 Å². The number of Topliss-reactive ketones (excluding diaryl/α,β-unsaturated/α-hetero) is 1. The highest BCUT2D eigenvalue weighted by Crippen LogP contribution is 2.59. The van der Waals surface area contributed by atoms with Crippen LogP contribution in [-0.4, -0.2) is 29.6 Å². The average Bonchev–Trinajstić information content (AvgIpc) is 2.50. The number of carbonyl (C=O) groups excluding carboxylic acids is 1. The summed E-state index contributed by atoms with van der Waals surface area (Å²) in [6.07, 6.45) is 1.72. The first-order chi connectivity index (χ1) is 10.9. The van der Waals surface area contributed by atoms with Gasteiger partial charge in [0.25, 0.3) is 7.37 Å². The van der Waals surface area contributed by atoms with Crippen molar-refractivity contribution in [3.05, 3.63) is 40.3 Å². The molecule has 1 aromatic rings. The number of hydrogen-bond donors (Lipinski definition) is 1. The van der Waals surface area contributed by atoms with E-state index in [1.54, 1.807) is 13.1 Å². The molecule has 0 bridgehead atoms. The highest BCUT2D eigenvalue weighted by molar-refractivity contribution is 9.10. The molecule has 1 aliphatic heterocycles. The summed E-state index contributed by atoms with van der Waals surface area (Å²) in [6, 6.07) is 7.31. The van der Waals surface area contributed by atoms with Gasteiger partial charge in [0.15, 0.2) is 11.2 Å². The molecular weight excluding hydrogens is 383 g/mol. The van der Waals surface area contributed by atoms with Crippen LogP contribution in [0.15, 0.2) is 45.4 Å². The molecule has 0 spiro atoms. The van der Waals surface area contributed by atoms with Gasteiger partial charge in [0.1, 0.15) is 0 Å². The molecular formula is C15H18BrN2O4P. The molecule has 0 amide bonds. The molecule has 0 saturated carbocycles. The van der Waals surface area contributed by atoms with E-state index < -0.39 is 13.2 Å². The number of aliphatic hydroxyl groups excluding tert-OH is 1. The third kappa shape index (κ3) is 3.80. The minimum Gasteiger partial charge on any atom is -0.396 e. The molecule has 23 heavy (non-hydrogen) atoms. The van der Waals surface area contributed by atoms with Crippen LogP contribution < -0.4 is 5.01 Å². The standard InChI is InChI=1S/C15H18BrN2O4P/c1-3-22-23(21)14(8-9-19)10-18(17-15(23)11(2)20)13-6-4-12(16)5-7-13/h4-7,10,19H,3,8-9H2,1-2H3. The Kier molecular flexibility index (Phi) is 5.92. The zero-order valence-corrected chi connectivity index (χ0v) is 15.4. The highest BCUT2D eigenvalue weighted by Gasteiger charge is 2.41. The first kappa shape index (κ1) is 18.1. The van der Waals surface area contributed by atoms with Gasteiger partial charge in [0.05, 0.1) is 12.3 Å². The van der Waals surface area contributed by atoms with E-state index in [1.807, 2.05) is 24.3 Å².